The van der Waals surface area contributed by atoms with Crippen molar-refractivity contribution in [3.8, 4) is 5.75 Å². The second-order valence-electron chi connectivity index (χ2n) is 9.04. The van der Waals surface area contributed by atoms with Crippen LogP contribution in [0.25, 0.3) is 10.9 Å². The van der Waals surface area contributed by atoms with Gasteiger partial charge >= 0.3 is 5.97 Å². The summed E-state index contributed by atoms with van der Waals surface area (Å²) in [5, 5.41) is 4.31. The van der Waals surface area contributed by atoms with Crippen molar-refractivity contribution in [1.29, 1.82) is 0 Å². The third-order valence-electron chi connectivity index (χ3n) is 6.61. The van der Waals surface area contributed by atoms with Crippen molar-refractivity contribution in [2.24, 2.45) is 0 Å². The number of carbonyl (C=O) groups is 1. The van der Waals surface area contributed by atoms with Crippen LogP contribution in [0.4, 0.5) is 11.5 Å². The minimum absolute atomic E-state index is 0.0646. The van der Waals surface area contributed by atoms with E-state index >= 15 is 0 Å². The summed E-state index contributed by atoms with van der Waals surface area (Å²) >= 11 is 0. The topological polar surface area (TPSA) is 103 Å². The Bertz CT molecular complexity index is 1140. The lowest BCUT2D eigenvalue weighted by Gasteiger charge is -2.39. The number of anilines is 2. The summed E-state index contributed by atoms with van der Waals surface area (Å²) in [5.74, 6) is 1.07. The molecule has 0 saturated carbocycles. The SMILES string of the molecule is CCCC(Oc1cc2ncnc(NC(C)c3ccccc3)c2cc1N)N1CCCCC1C(=O)OC. The van der Waals surface area contributed by atoms with Gasteiger partial charge in [0.25, 0.3) is 0 Å². The maximum absolute atomic E-state index is 12.4. The minimum atomic E-state index is -0.301. The van der Waals surface area contributed by atoms with Gasteiger partial charge in [-0.05, 0) is 37.8 Å². The molecular weight excluding hydrogens is 442 g/mol. The molecular formula is C27H35N5O3. The number of piperidine rings is 1. The van der Waals surface area contributed by atoms with Gasteiger partial charge in [-0.1, -0.05) is 50.1 Å². The number of carbonyl (C=O) groups excluding carboxylic acids is 1. The molecule has 186 valence electrons. The molecule has 8 nitrogen and oxygen atoms in total. The van der Waals surface area contributed by atoms with Crippen LogP contribution in [0.2, 0.25) is 0 Å². The van der Waals surface area contributed by atoms with Gasteiger partial charge in [0.1, 0.15) is 23.9 Å². The molecule has 1 saturated heterocycles. The lowest BCUT2D eigenvalue weighted by molar-refractivity contribution is -0.153. The number of likely N-dealkylation sites (tertiary alicyclic amines) is 1. The van der Waals surface area contributed by atoms with Crippen molar-refractivity contribution in [2.75, 3.05) is 24.7 Å². The molecule has 0 bridgehead atoms. The third kappa shape index (κ3) is 5.65. The summed E-state index contributed by atoms with van der Waals surface area (Å²) in [4.78, 5) is 23.5. The van der Waals surface area contributed by atoms with E-state index < -0.39 is 0 Å². The van der Waals surface area contributed by atoms with E-state index in [1.807, 2.05) is 30.3 Å². The second kappa shape index (κ2) is 11.4. The van der Waals surface area contributed by atoms with Crippen LogP contribution in [0.1, 0.15) is 57.6 Å². The lowest BCUT2D eigenvalue weighted by Crippen LogP contribution is -2.52. The first-order chi connectivity index (χ1) is 17.0. The summed E-state index contributed by atoms with van der Waals surface area (Å²) in [7, 11) is 1.44. The van der Waals surface area contributed by atoms with E-state index in [0.717, 1.165) is 60.9 Å². The number of methoxy groups -OCH3 is 1. The van der Waals surface area contributed by atoms with Gasteiger partial charge in [-0.25, -0.2) is 9.97 Å². The van der Waals surface area contributed by atoms with Crippen molar-refractivity contribution >= 4 is 28.4 Å². The first-order valence-corrected chi connectivity index (χ1v) is 12.4. The molecule has 8 heteroatoms. The molecule has 4 rings (SSSR count). The molecule has 2 aromatic carbocycles. The quantitative estimate of drug-likeness (QED) is 0.331. The molecule has 1 fully saturated rings. The van der Waals surface area contributed by atoms with Crippen molar-refractivity contribution in [3.05, 3.63) is 54.4 Å². The Balaban J connectivity index is 1.60. The predicted octanol–water partition coefficient (Wildman–Crippen LogP) is 4.92. The standard InChI is InChI=1S/C27H35N5O3/c1-4-10-25(32-14-9-8-13-23(32)27(33)34-3)35-24-16-22-20(15-21(24)28)26(30-17-29-22)31-18(2)19-11-6-5-7-12-19/h5-7,11-12,15-18,23,25H,4,8-10,13-14,28H2,1-3H3,(H,29,30,31). The Morgan fingerprint density at radius 3 is 2.77 bits per heavy atom. The maximum Gasteiger partial charge on any atom is 0.323 e. The van der Waals surface area contributed by atoms with Gasteiger partial charge < -0.3 is 20.5 Å². The molecule has 1 aromatic heterocycles. The van der Waals surface area contributed by atoms with E-state index in [2.05, 4.69) is 46.2 Å². The fraction of sp³-hybridized carbons (Fsp3) is 0.444. The number of nitrogens with one attached hydrogen (secondary N) is 1. The number of nitrogen functional groups attached to an aromatic ring is 1. The molecule has 1 aliphatic heterocycles. The largest absolute Gasteiger partial charge is 0.473 e. The van der Waals surface area contributed by atoms with E-state index in [4.69, 9.17) is 15.2 Å². The van der Waals surface area contributed by atoms with E-state index in [0.29, 0.717) is 11.4 Å². The molecule has 35 heavy (non-hydrogen) atoms. The summed E-state index contributed by atoms with van der Waals surface area (Å²) < 4.78 is 11.5. The summed E-state index contributed by atoms with van der Waals surface area (Å²) in [6.45, 7) is 4.98. The first-order valence-electron chi connectivity index (χ1n) is 12.4. The van der Waals surface area contributed by atoms with Gasteiger partial charge in [0, 0.05) is 24.0 Å². The molecule has 3 aromatic rings. The Kier molecular flexibility index (Phi) is 8.02. The number of hydrogen-bond donors (Lipinski definition) is 2. The number of benzene rings is 2. The lowest BCUT2D eigenvalue weighted by atomic mass is 10.0. The van der Waals surface area contributed by atoms with Gasteiger partial charge in [-0.3, -0.25) is 9.69 Å². The predicted molar refractivity (Wildman–Crippen MR) is 138 cm³/mol. The molecule has 3 N–H and O–H groups in total. The molecule has 0 amide bonds. The van der Waals surface area contributed by atoms with Crippen LogP contribution in [0.15, 0.2) is 48.8 Å². The summed E-state index contributed by atoms with van der Waals surface area (Å²) in [5.41, 5.74) is 8.89. The fourth-order valence-electron chi connectivity index (χ4n) is 4.72. The molecule has 1 aliphatic rings. The number of fused-ring (bicyclic) bond motifs is 1. The van der Waals surface area contributed by atoms with Gasteiger partial charge in [-0.15, -0.1) is 0 Å². The van der Waals surface area contributed by atoms with Gasteiger partial charge in [-0.2, -0.15) is 0 Å². The smallest absolute Gasteiger partial charge is 0.323 e. The number of rotatable bonds is 9. The second-order valence-corrected chi connectivity index (χ2v) is 9.04. The maximum atomic E-state index is 12.4. The normalized spacial score (nSPS) is 18.1. The molecule has 3 unspecified atom stereocenters. The third-order valence-corrected chi connectivity index (χ3v) is 6.61. The van der Waals surface area contributed by atoms with Crippen LogP contribution >= 0.6 is 0 Å². The van der Waals surface area contributed by atoms with Crippen LogP contribution in [0.3, 0.4) is 0 Å². The summed E-state index contributed by atoms with van der Waals surface area (Å²) in [6, 6.07) is 13.7. The van der Waals surface area contributed by atoms with Crippen molar-refractivity contribution < 1.29 is 14.3 Å². The molecule has 0 radical (unpaired) electrons. The van der Waals surface area contributed by atoms with Crippen LogP contribution < -0.4 is 15.8 Å². The highest BCUT2D eigenvalue weighted by Gasteiger charge is 2.35. The van der Waals surface area contributed by atoms with E-state index in [1.165, 1.54) is 7.11 Å². The average Bonchev–Trinajstić information content (AvgIpc) is 2.89. The van der Waals surface area contributed by atoms with E-state index in [-0.39, 0.29) is 24.3 Å². The number of nitrogens with zero attached hydrogens (tertiary/aromatic N) is 3. The molecule has 2 heterocycles. The van der Waals surface area contributed by atoms with Crippen molar-refractivity contribution in [3.63, 3.8) is 0 Å². The zero-order valence-electron chi connectivity index (χ0n) is 20.7. The van der Waals surface area contributed by atoms with Gasteiger partial charge in [0.2, 0.25) is 0 Å². The highest BCUT2D eigenvalue weighted by atomic mass is 16.5. The van der Waals surface area contributed by atoms with E-state index in [9.17, 15) is 4.79 Å². The Labute approximate surface area is 206 Å². The van der Waals surface area contributed by atoms with Crippen LogP contribution in [0, 0.1) is 0 Å². The van der Waals surface area contributed by atoms with Crippen molar-refractivity contribution in [1.82, 2.24) is 14.9 Å². The van der Waals surface area contributed by atoms with Gasteiger partial charge in [0.15, 0.2) is 6.23 Å². The number of hydrogen-bond acceptors (Lipinski definition) is 8. The van der Waals surface area contributed by atoms with Crippen LogP contribution in [-0.2, 0) is 9.53 Å². The Morgan fingerprint density at radius 1 is 1.23 bits per heavy atom. The monoisotopic (exact) mass is 477 g/mol. The average molecular weight is 478 g/mol. The van der Waals surface area contributed by atoms with Crippen molar-refractivity contribution in [2.45, 2.75) is 64.3 Å². The highest BCUT2D eigenvalue weighted by molar-refractivity contribution is 5.93. The zero-order chi connectivity index (χ0) is 24.8. The first kappa shape index (κ1) is 24.7. The number of aromatic nitrogens is 2. The van der Waals surface area contributed by atoms with Gasteiger partial charge in [0.05, 0.1) is 18.3 Å². The minimum Gasteiger partial charge on any atom is -0.473 e. The Morgan fingerprint density at radius 2 is 2.03 bits per heavy atom. The summed E-state index contributed by atoms with van der Waals surface area (Å²) in [6.07, 6.45) is 5.75. The molecule has 0 aliphatic carbocycles. The fourth-order valence-corrected chi connectivity index (χ4v) is 4.72. The van der Waals surface area contributed by atoms with Crippen LogP contribution in [-0.4, -0.2) is 46.8 Å². The zero-order valence-corrected chi connectivity index (χ0v) is 20.7. The molecule has 3 atom stereocenters. The van der Waals surface area contributed by atoms with Crippen LogP contribution in [0.5, 0.6) is 5.75 Å². The Hall–Kier alpha value is -3.39. The number of esters is 1. The number of ether oxygens (including phenoxy) is 2. The molecule has 0 spiro atoms. The highest BCUT2D eigenvalue weighted by Crippen LogP contribution is 2.34. The number of nitrogens with two attached hydrogens (primary N) is 1. The van der Waals surface area contributed by atoms with E-state index in [1.54, 1.807) is 6.33 Å².